The molecule has 0 radical (unpaired) electrons. The Labute approximate surface area is 128 Å². The predicted octanol–water partition coefficient (Wildman–Crippen LogP) is 3.74. The summed E-state index contributed by atoms with van der Waals surface area (Å²) in [6.07, 6.45) is 2.92. The third-order valence-electron chi connectivity index (χ3n) is 5.05. The van der Waals surface area contributed by atoms with Crippen LogP contribution in [0.5, 0.6) is 0 Å². The molecule has 1 rings (SSSR count). The van der Waals surface area contributed by atoms with Crippen molar-refractivity contribution < 1.29 is 19.4 Å². The van der Waals surface area contributed by atoms with Crippen molar-refractivity contribution in [2.45, 2.75) is 60.3 Å². The smallest absolute Gasteiger partial charge is 0.323 e. The highest BCUT2D eigenvalue weighted by atomic mass is 16.5. The maximum Gasteiger partial charge on any atom is 0.323 e. The summed E-state index contributed by atoms with van der Waals surface area (Å²) >= 11 is 0. The monoisotopic (exact) mass is 298 g/mol. The second kappa shape index (κ2) is 7.28. The molecule has 1 N–H and O–H groups in total. The number of carbonyl (C=O) groups excluding carboxylic acids is 1. The first-order valence-corrected chi connectivity index (χ1v) is 8.16. The SMILES string of the molecule is CCOC(=O)C(CC(C)C)(C(=O)O)C1CCC(C)C(C)C1. The zero-order valence-electron chi connectivity index (χ0n) is 14.0. The lowest BCUT2D eigenvalue weighted by molar-refractivity contribution is -0.177. The van der Waals surface area contributed by atoms with Crippen molar-refractivity contribution in [3.8, 4) is 0 Å². The molecule has 1 saturated carbocycles. The van der Waals surface area contributed by atoms with Gasteiger partial charge in [-0.1, -0.05) is 34.1 Å². The molecular weight excluding hydrogens is 268 g/mol. The Morgan fingerprint density at radius 1 is 1.24 bits per heavy atom. The molecule has 122 valence electrons. The van der Waals surface area contributed by atoms with Crippen LogP contribution in [0, 0.1) is 29.1 Å². The molecule has 4 heteroatoms. The van der Waals surface area contributed by atoms with Crippen molar-refractivity contribution in [3.05, 3.63) is 0 Å². The van der Waals surface area contributed by atoms with Crippen LogP contribution in [0.1, 0.15) is 60.3 Å². The van der Waals surface area contributed by atoms with Crippen LogP contribution in [0.2, 0.25) is 0 Å². The van der Waals surface area contributed by atoms with E-state index in [1.54, 1.807) is 6.92 Å². The molecule has 4 unspecified atom stereocenters. The second-order valence-corrected chi connectivity index (χ2v) is 7.06. The fourth-order valence-electron chi connectivity index (χ4n) is 3.66. The summed E-state index contributed by atoms with van der Waals surface area (Å²) in [4.78, 5) is 24.6. The summed E-state index contributed by atoms with van der Waals surface area (Å²) < 4.78 is 5.17. The molecule has 4 nitrogen and oxygen atoms in total. The van der Waals surface area contributed by atoms with E-state index in [1.807, 2.05) is 13.8 Å². The molecule has 4 atom stereocenters. The highest BCUT2D eigenvalue weighted by Crippen LogP contribution is 2.47. The van der Waals surface area contributed by atoms with Crippen LogP contribution < -0.4 is 0 Å². The summed E-state index contributed by atoms with van der Waals surface area (Å²) in [5.74, 6) is -0.500. The van der Waals surface area contributed by atoms with E-state index in [4.69, 9.17) is 4.74 Å². The Morgan fingerprint density at radius 3 is 2.29 bits per heavy atom. The van der Waals surface area contributed by atoms with Gasteiger partial charge in [-0.25, -0.2) is 0 Å². The van der Waals surface area contributed by atoms with E-state index >= 15 is 0 Å². The number of carbonyl (C=O) groups is 2. The van der Waals surface area contributed by atoms with Crippen molar-refractivity contribution in [1.82, 2.24) is 0 Å². The number of esters is 1. The van der Waals surface area contributed by atoms with E-state index in [1.165, 1.54) is 0 Å². The standard InChI is InChI=1S/C17H30O4/c1-6-21-16(20)17(15(18)19,10-11(2)3)14-8-7-12(4)13(5)9-14/h11-14H,6-10H2,1-5H3,(H,18,19). The van der Waals surface area contributed by atoms with Gasteiger partial charge in [0, 0.05) is 0 Å². The zero-order valence-corrected chi connectivity index (χ0v) is 14.0. The average Bonchev–Trinajstić information content (AvgIpc) is 2.38. The van der Waals surface area contributed by atoms with E-state index in [9.17, 15) is 14.7 Å². The van der Waals surface area contributed by atoms with Gasteiger partial charge in [-0.05, 0) is 49.9 Å². The lowest BCUT2D eigenvalue weighted by Gasteiger charge is -2.42. The third kappa shape index (κ3) is 3.78. The Balaban J connectivity index is 3.15. The molecule has 1 aliphatic carbocycles. The first-order valence-electron chi connectivity index (χ1n) is 8.16. The van der Waals surface area contributed by atoms with E-state index in [0.29, 0.717) is 18.3 Å². The third-order valence-corrected chi connectivity index (χ3v) is 5.05. The van der Waals surface area contributed by atoms with Crippen molar-refractivity contribution in [3.63, 3.8) is 0 Å². The van der Waals surface area contributed by atoms with Crippen LogP contribution in [0.15, 0.2) is 0 Å². The highest BCUT2D eigenvalue weighted by molar-refractivity contribution is 5.99. The molecule has 0 amide bonds. The van der Waals surface area contributed by atoms with Gasteiger partial charge in [0.1, 0.15) is 0 Å². The minimum Gasteiger partial charge on any atom is -0.480 e. The number of aliphatic carboxylic acids is 1. The molecule has 0 bridgehead atoms. The quantitative estimate of drug-likeness (QED) is 0.599. The van der Waals surface area contributed by atoms with Crippen molar-refractivity contribution >= 4 is 11.9 Å². The molecule has 0 saturated heterocycles. The summed E-state index contributed by atoms with van der Waals surface area (Å²) in [6, 6.07) is 0. The van der Waals surface area contributed by atoms with E-state index in [0.717, 1.165) is 19.3 Å². The lowest BCUT2D eigenvalue weighted by Crippen LogP contribution is -2.49. The van der Waals surface area contributed by atoms with Crippen LogP contribution in [-0.2, 0) is 14.3 Å². The van der Waals surface area contributed by atoms with Gasteiger partial charge >= 0.3 is 11.9 Å². The van der Waals surface area contributed by atoms with Gasteiger partial charge in [-0.3, -0.25) is 9.59 Å². The van der Waals surface area contributed by atoms with Gasteiger partial charge in [-0.15, -0.1) is 0 Å². The molecule has 21 heavy (non-hydrogen) atoms. The van der Waals surface area contributed by atoms with Crippen molar-refractivity contribution in [1.29, 1.82) is 0 Å². The Bertz CT molecular complexity index is 377. The number of ether oxygens (including phenoxy) is 1. The summed E-state index contributed by atoms with van der Waals surface area (Å²) in [7, 11) is 0. The lowest BCUT2D eigenvalue weighted by atomic mass is 9.61. The average molecular weight is 298 g/mol. The molecule has 0 aliphatic heterocycles. The first kappa shape index (κ1) is 18.0. The molecule has 0 aromatic heterocycles. The molecule has 0 spiro atoms. The van der Waals surface area contributed by atoms with E-state index < -0.39 is 17.4 Å². The van der Waals surface area contributed by atoms with Gasteiger partial charge in [0.05, 0.1) is 6.61 Å². The van der Waals surface area contributed by atoms with E-state index in [2.05, 4.69) is 13.8 Å². The first-order chi connectivity index (χ1) is 9.75. The van der Waals surface area contributed by atoms with Crippen molar-refractivity contribution in [2.24, 2.45) is 29.1 Å². The van der Waals surface area contributed by atoms with Crippen LogP contribution in [-0.4, -0.2) is 23.7 Å². The molecule has 0 aromatic rings. The fourth-order valence-corrected chi connectivity index (χ4v) is 3.66. The Kier molecular flexibility index (Phi) is 6.24. The van der Waals surface area contributed by atoms with Gasteiger partial charge in [0.25, 0.3) is 0 Å². The molecular formula is C17H30O4. The predicted molar refractivity (Wildman–Crippen MR) is 81.8 cm³/mol. The zero-order chi connectivity index (χ0) is 16.2. The summed E-state index contributed by atoms with van der Waals surface area (Å²) in [5.41, 5.74) is -1.38. The van der Waals surface area contributed by atoms with Gasteiger partial charge in [-0.2, -0.15) is 0 Å². The van der Waals surface area contributed by atoms with Crippen molar-refractivity contribution in [2.75, 3.05) is 6.61 Å². The molecule has 1 aliphatic rings. The normalized spacial score (nSPS) is 29.0. The largest absolute Gasteiger partial charge is 0.480 e. The van der Waals surface area contributed by atoms with E-state index in [-0.39, 0.29) is 18.4 Å². The topological polar surface area (TPSA) is 63.6 Å². The van der Waals surface area contributed by atoms with Gasteiger partial charge in [0.2, 0.25) is 0 Å². The molecule has 1 fully saturated rings. The second-order valence-electron chi connectivity index (χ2n) is 7.06. The number of rotatable bonds is 6. The summed E-state index contributed by atoms with van der Waals surface area (Å²) in [5, 5.41) is 9.87. The number of hydrogen-bond donors (Lipinski definition) is 1. The van der Waals surface area contributed by atoms with Crippen LogP contribution in [0.3, 0.4) is 0 Å². The molecule has 0 heterocycles. The number of carboxylic acids is 1. The van der Waals surface area contributed by atoms with Gasteiger partial charge < -0.3 is 9.84 Å². The number of carboxylic acid groups (broad SMARTS) is 1. The van der Waals surface area contributed by atoms with Crippen LogP contribution >= 0.6 is 0 Å². The fraction of sp³-hybridized carbons (Fsp3) is 0.882. The van der Waals surface area contributed by atoms with Crippen LogP contribution in [0.25, 0.3) is 0 Å². The Morgan fingerprint density at radius 2 is 1.86 bits per heavy atom. The Hall–Kier alpha value is -1.06. The van der Waals surface area contributed by atoms with Crippen LogP contribution in [0.4, 0.5) is 0 Å². The summed E-state index contributed by atoms with van der Waals surface area (Å²) in [6.45, 7) is 10.2. The highest BCUT2D eigenvalue weighted by Gasteiger charge is 2.54. The number of hydrogen-bond acceptors (Lipinski definition) is 3. The maximum atomic E-state index is 12.5. The van der Waals surface area contributed by atoms with Gasteiger partial charge in [0.15, 0.2) is 5.41 Å². The minimum absolute atomic E-state index is 0.123. The molecule has 0 aromatic carbocycles. The maximum absolute atomic E-state index is 12.5. The minimum atomic E-state index is -1.38.